The summed E-state index contributed by atoms with van der Waals surface area (Å²) in [4.78, 5) is 11.4. The van der Waals surface area contributed by atoms with Gasteiger partial charge < -0.3 is 15.4 Å². The number of hydrogen-bond acceptors (Lipinski definition) is 6. The molecule has 0 amide bonds. The van der Waals surface area contributed by atoms with Crippen molar-refractivity contribution in [2.75, 3.05) is 50.0 Å². The van der Waals surface area contributed by atoms with Gasteiger partial charge in [-0.3, -0.25) is 4.90 Å². The second kappa shape index (κ2) is 9.85. The van der Waals surface area contributed by atoms with Crippen molar-refractivity contribution >= 4 is 17.5 Å². The van der Waals surface area contributed by atoms with Crippen molar-refractivity contribution in [3.05, 3.63) is 41.6 Å². The van der Waals surface area contributed by atoms with Crippen LogP contribution < -0.4 is 10.6 Å². The lowest BCUT2D eigenvalue weighted by atomic mass is 9.92. The van der Waals surface area contributed by atoms with Crippen LogP contribution in [0.5, 0.6) is 0 Å². The molecule has 2 heterocycles. The Morgan fingerprint density at radius 1 is 1.04 bits per heavy atom. The van der Waals surface area contributed by atoms with Gasteiger partial charge in [-0.2, -0.15) is 4.98 Å². The van der Waals surface area contributed by atoms with Gasteiger partial charge >= 0.3 is 0 Å². The van der Waals surface area contributed by atoms with E-state index < -0.39 is 0 Å². The van der Waals surface area contributed by atoms with E-state index in [1.54, 1.807) is 6.20 Å². The van der Waals surface area contributed by atoms with Crippen LogP contribution in [-0.2, 0) is 4.74 Å². The number of aromatic nitrogens is 2. The van der Waals surface area contributed by atoms with Crippen LogP contribution in [0.3, 0.4) is 0 Å². The predicted octanol–water partition coefficient (Wildman–Crippen LogP) is 4.21. The van der Waals surface area contributed by atoms with Crippen molar-refractivity contribution in [1.29, 1.82) is 0 Å². The fourth-order valence-corrected chi connectivity index (χ4v) is 3.49. The van der Waals surface area contributed by atoms with Gasteiger partial charge in [-0.1, -0.05) is 45.9 Å². The maximum atomic E-state index is 5.39. The molecule has 0 atom stereocenters. The number of nitrogens with zero attached hydrogens (tertiary/aromatic N) is 3. The highest BCUT2D eigenvalue weighted by molar-refractivity contribution is 5.67. The van der Waals surface area contributed by atoms with E-state index in [2.05, 4.69) is 71.4 Å². The molecule has 152 valence electrons. The third kappa shape index (κ3) is 5.42. The van der Waals surface area contributed by atoms with Crippen molar-refractivity contribution in [3.8, 4) is 0 Å². The summed E-state index contributed by atoms with van der Waals surface area (Å²) >= 11 is 0. The van der Waals surface area contributed by atoms with Crippen molar-refractivity contribution in [2.45, 2.75) is 39.5 Å². The zero-order valence-corrected chi connectivity index (χ0v) is 17.5. The highest BCUT2D eigenvalue weighted by Crippen LogP contribution is 2.34. The van der Waals surface area contributed by atoms with Crippen molar-refractivity contribution in [2.24, 2.45) is 0 Å². The van der Waals surface area contributed by atoms with E-state index in [9.17, 15) is 0 Å². The summed E-state index contributed by atoms with van der Waals surface area (Å²) in [6, 6.07) is 8.46. The molecule has 0 aliphatic carbocycles. The summed E-state index contributed by atoms with van der Waals surface area (Å²) in [6.45, 7) is 14.3. The smallest absolute Gasteiger partial charge is 0.224 e. The Labute approximate surface area is 168 Å². The largest absolute Gasteiger partial charge is 0.379 e. The van der Waals surface area contributed by atoms with E-state index >= 15 is 0 Å². The van der Waals surface area contributed by atoms with Crippen LogP contribution >= 0.6 is 0 Å². The minimum absolute atomic E-state index is 0.439. The Hall–Kier alpha value is -2.18. The summed E-state index contributed by atoms with van der Waals surface area (Å²) in [7, 11) is 0. The van der Waals surface area contributed by atoms with Crippen LogP contribution in [0.25, 0.3) is 0 Å². The molecule has 6 nitrogen and oxygen atoms in total. The topological polar surface area (TPSA) is 62.3 Å². The molecule has 2 N–H and O–H groups in total. The summed E-state index contributed by atoms with van der Waals surface area (Å²) < 4.78 is 5.39. The second-order valence-corrected chi connectivity index (χ2v) is 7.89. The van der Waals surface area contributed by atoms with Gasteiger partial charge in [0, 0.05) is 38.1 Å². The number of ether oxygens (including phenoxy) is 1. The molecular formula is C22H33N5O. The molecule has 0 saturated carbocycles. The van der Waals surface area contributed by atoms with Gasteiger partial charge in [-0.15, -0.1) is 0 Å². The molecule has 0 spiro atoms. The van der Waals surface area contributed by atoms with Crippen molar-refractivity contribution in [1.82, 2.24) is 14.9 Å². The minimum atomic E-state index is 0.439. The SMILES string of the molecule is CC(C)c1cccc(C(C)C)c1Nc1ccnc(NCCN2CCOCC2)n1. The minimum Gasteiger partial charge on any atom is -0.379 e. The molecule has 1 aromatic carbocycles. The molecule has 6 heteroatoms. The number of anilines is 3. The Morgan fingerprint density at radius 2 is 1.71 bits per heavy atom. The number of morpholine rings is 1. The van der Waals surface area contributed by atoms with E-state index in [0.717, 1.165) is 45.2 Å². The van der Waals surface area contributed by atoms with Crippen molar-refractivity contribution < 1.29 is 4.74 Å². The van der Waals surface area contributed by atoms with Crippen molar-refractivity contribution in [3.63, 3.8) is 0 Å². The molecule has 2 aromatic rings. The summed E-state index contributed by atoms with van der Waals surface area (Å²) in [5, 5.41) is 6.91. The number of rotatable bonds is 8. The van der Waals surface area contributed by atoms with Gasteiger partial charge in [0.25, 0.3) is 0 Å². The van der Waals surface area contributed by atoms with E-state index in [4.69, 9.17) is 4.74 Å². The number of nitrogens with one attached hydrogen (secondary N) is 2. The molecule has 1 aromatic heterocycles. The standard InChI is InChI=1S/C22H33N5O/c1-16(2)18-6-5-7-19(17(3)4)21(18)25-20-8-9-23-22(26-20)24-10-11-27-12-14-28-15-13-27/h5-9,16-17H,10-15H2,1-4H3,(H2,23,24,25,26). The average Bonchev–Trinajstić information content (AvgIpc) is 2.69. The van der Waals surface area contributed by atoms with Crippen LogP contribution in [0.1, 0.15) is 50.7 Å². The maximum Gasteiger partial charge on any atom is 0.224 e. The predicted molar refractivity (Wildman–Crippen MR) is 116 cm³/mol. The molecule has 0 unspecified atom stereocenters. The normalized spacial score (nSPS) is 15.2. The Kier molecular flexibility index (Phi) is 7.23. The van der Waals surface area contributed by atoms with E-state index in [0.29, 0.717) is 17.8 Å². The summed E-state index contributed by atoms with van der Waals surface area (Å²) in [5.41, 5.74) is 3.80. The average molecular weight is 384 g/mol. The highest BCUT2D eigenvalue weighted by Gasteiger charge is 2.15. The second-order valence-electron chi connectivity index (χ2n) is 7.89. The van der Waals surface area contributed by atoms with Gasteiger partial charge in [-0.25, -0.2) is 4.98 Å². The van der Waals surface area contributed by atoms with E-state index in [1.807, 2.05) is 6.07 Å². The maximum absolute atomic E-state index is 5.39. The molecule has 3 rings (SSSR count). The Balaban J connectivity index is 1.69. The zero-order chi connectivity index (χ0) is 19.9. The first-order valence-corrected chi connectivity index (χ1v) is 10.3. The molecular weight excluding hydrogens is 350 g/mol. The summed E-state index contributed by atoms with van der Waals surface area (Å²) in [5.74, 6) is 2.36. The lowest BCUT2D eigenvalue weighted by Crippen LogP contribution is -2.39. The number of para-hydroxylation sites is 1. The highest BCUT2D eigenvalue weighted by atomic mass is 16.5. The van der Waals surface area contributed by atoms with Crippen LogP contribution in [-0.4, -0.2) is 54.3 Å². The molecule has 0 bridgehead atoms. The van der Waals surface area contributed by atoms with Crippen LogP contribution in [0, 0.1) is 0 Å². The van der Waals surface area contributed by atoms with Gasteiger partial charge in [-0.05, 0) is 29.0 Å². The lowest BCUT2D eigenvalue weighted by Gasteiger charge is -2.26. The molecule has 1 saturated heterocycles. The Morgan fingerprint density at radius 3 is 2.36 bits per heavy atom. The van der Waals surface area contributed by atoms with Gasteiger partial charge in [0.05, 0.1) is 13.2 Å². The fourth-order valence-electron chi connectivity index (χ4n) is 3.49. The molecule has 28 heavy (non-hydrogen) atoms. The zero-order valence-electron chi connectivity index (χ0n) is 17.5. The quantitative estimate of drug-likeness (QED) is 0.712. The number of hydrogen-bond donors (Lipinski definition) is 2. The molecule has 1 aliphatic heterocycles. The first-order chi connectivity index (χ1) is 13.5. The lowest BCUT2D eigenvalue weighted by molar-refractivity contribution is 0.0398. The molecule has 1 aliphatic rings. The third-order valence-electron chi connectivity index (χ3n) is 5.10. The fraction of sp³-hybridized carbons (Fsp3) is 0.545. The van der Waals surface area contributed by atoms with Crippen LogP contribution in [0.4, 0.5) is 17.5 Å². The third-order valence-corrected chi connectivity index (χ3v) is 5.10. The monoisotopic (exact) mass is 383 g/mol. The molecule has 0 radical (unpaired) electrons. The van der Waals surface area contributed by atoms with E-state index in [-0.39, 0.29) is 0 Å². The first kappa shape index (κ1) is 20.6. The van der Waals surface area contributed by atoms with Gasteiger partial charge in [0.15, 0.2) is 0 Å². The van der Waals surface area contributed by atoms with Crippen LogP contribution in [0.2, 0.25) is 0 Å². The number of benzene rings is 1. The van der Waals surface area contributed by atoms with E-state index in [1.165, 1.54) is 16.8 Å². The van der Waals surface area contributed by atoms with Gasteiger partial charge in [0.1, 0.15) is 5.82 Å². The molecule has 1 fully saturated rings. The first-order valence-electron chi connectivity index (χ1n) is 10.3. The summed E-state index contributed by atoms with van der Waals surface area (Å²) in [6.07, 6.45) is 1.80. The van der Waals surface area contributed by atoms with Crippen LogP contribution in [0.15, 0.2) is 30.5 Å². The van der Waals surface area contributed by atoms with Gasteiger partial charge in [0.2, 0.25) is 5.95 Å². The Bertz CT molecular complexity index is 730.